The molecule has 1 aliphatic heterocycles. The number of morpholine rings is 1. The van der Waals surface area contributed by atoms with E-state index in [1.54, 1.807) is 14.0 Å². The van der Waals surface area contributed by atoms with E-state index in [1.807, 2.05) is 0 Å². The molecule has 2 atom stereocenters. The van der Waals surface area contributed by atoms with Gasteiger partial charge in [-0.2, -0.15) is 13.2 Å². The summed E-state index contributed by atoms with van der Waals surface area (Å²) >= 11 is 0. The molecule has 1 aliphatic rings. The third kappa shape index (κ3) is 3.26. The summed E-state index contributed by atoms with van der Waals surface area (Å²) in [6.07, 6.45) is -6.06. The molecule has 3 rings (SSSR count). The average Bonchev–Trinajstić information content (AvgIpc) is 2.89. The maximum Gasteiger partial charge on any atom is 0.416 e. The molecule has 0 radical (unpaired) electrons. The molecule has 1 N–H and O–H groups in total. The second-order valence-corrected chi connectivity index (χ2v) is 6.34. The molecule has 1 aromatic heterocycles. The lowest BCUT2D eigenvalue weighted by Crippen LogP contribution is -2.52. The summed E-state index contributed by atoms with van der Waals surface area (Å²) in [6, 6.07) is 4.67. The van der Waals surface area contributed by atoms with Gasteiger partial charge in [0, 0.05) is 24.5 Å². The number of carbonyl (C=O) groups excluding carboxylic acids is 1. The van der Waals surface area contributed by atoms with Crippen molar-refractivity contribution >= 4 is 22.8 Å². The van der Waals surface area contributed by atoms with Crippen LogP contribution in [0.15, 0.2) is 24.3 Å². The summed E-state index contributed by atoms with van der Waals surface area (Å²) in [5.74, 6) is -1.61. The average molecular weight is 370 g/mol. The van der Waals surface area contributed by atoms with Crippen LogP contribution in [-0.2, 0) is 22.8 Å². The van der Waals surface area contributed by atoms with E-state index in [0.29, 0.717) is 10.9 Å². The van der Waals surface area contributed by atoms with Crippen molar-refractivity contribution in [3.8, 4) is 0 Å². The highest BCUT2D eigenvalue weighted by atomic mass is 19.4. The topological polar surface area (TPSA) is 71.8 Å². The maximum absolute atomic E-state index is 12.9. The van der Waals surface area contributed by atoms with Gasteiger partial charge in [-0.1, -0.05) is 0 Å². The second-order valence-electron chi connectivity index (χ2n) is 6.34. The Labute approximate surface area is 146 Å². The van der Waals surface area contributed by atoms with Gasteiger partial charge in [0.05, 0.1) is 18.2 Å². The van der Waals surface area contributed by atoms with Crippen LogP contribution in [0.3, 0.4) is 0 Å². The summed E-state index contributed by atoms with van der Waals surface area (Å²) in [5, 5.41) is 9.42. The Bertz CT molecular complexity index is 875. The summed E-state index contributed by atoms with van der Waals surface area (Å²) in [7, 11) is 1.58. The highest BCUT2D eigenvalue weighted by Gasteiger charge is 2.34. The number of aromatic nitrogens is 1. The van der Waals surface area contributed by atoms with Gasteiger partial charge < -0.3 is 19.3 Å². The Morgan fingerprint density at radius 3 is 2.54 bits per heavy atom. The van der Waals surface area contributed by atoms with Crippen molar-refractivity contribution in [2.45, 2.75) is 25.3 Å². The minimum atomic E-state index is -4.47. The lowest BCUT2D eigenvalue weighted by molar-refractivity contribution is -0.160. The molecule has 0 bridgehead atoms. The third-order valence-electron chi connectivity index (χ3n) is 4.41. The number of fused-ring (bicyclic) bond motifs is 1. The standard InChI is InChI=1S/C17H17F3N2O4/c1-9-7-22(8-14(26-9)16(24)25)15(23)13-6-10-5-11(17(18,19)20)3-4-12(10)21(13)2/h3-6,9,14H,7-8H2,1-2H3,(H,24,25)/t9-,14?/m1/s1. The van der Waals surface area contributed by atoms with Gasteiger partial charge in [0.15, 0.2) is 6.10 Å². The number of halogens is 3. The van der Waals surface area contributed by atoms with Crippen LogP contribution >= 0.6 is 0 Å². The molecule has 0 saturated carbocycles. The molecule has 1 aromatic carbocycles. The Morgan fingerprint density at radius 1 is 1.23 bits per heavy atom. The van der Waals surface area contributed by atoms with Gasteiger partial charge in [0.25, 0.3) is 5.91 Å². The van der Waals surface area contributed by atoms with Crippen LogP contribution in [0.4, 0.5) is 13.2 Å². The zero-order chi connectivity index (χ0) is 19.2. The van der Waals surface area contributed by atoms with E-state index in [2.05, 4.69) is 0 Å². The molecule has 2 heterocycles. The predicted octanol–water partition coefficient (Wildman–Crippen LogP) is 2.51. The molecule has 26 heavy (non-hydrogen) atoms. The highest BCUT2D eigenvalue weighted by Crippen LogP contribution is 2.32. The van der Waals surface area contributed by atoms with Gasteiger partial charge in [0.1, 0.15) is 5.69 Å². The van der Waals surface area contributed by atoms with Crippen molar-refractivity contribution in [2.75, 3.05) is 13.1 Å². The zero-order valence-electron chi connectivity index (χ0n) is 14.1. The molecule has 6 nitrogen and oxygen atoms in total. The van der Waals surface area contributed by atoms with Crippen LogP contribution in [0.2, 0.25) is 0 Å². The summed E-state index contributed by atoms with van der Waals surface area (Å²) in [5.41, 5.74) is -0.115. The molecule has 1 unspecified atom stereocenters. The van der Waals surface area contributed by atoms with Crippen molar-refractivity contribution in [1.29, 1.82) is 0 Å². The summed E-state index contributed by atoms with van der Waals surface area (Å²) < 4.78 is 45.4. The Hall–Kier alpha value is -2.55. The number of rotatable bonds is 2. The SMILES string of the molecule is C[C@@H]1CN(C(=O)c2cc3cc(C(F)(F)F)ccc3n2C)CC(C(=O)O)O1. The van der Waals surface area contributed by atoms with Crippen molar-refractivity contribution < 1.29 is 32.6 Å². The van der Waals surface area contributed by atoms with Crippen molar-refractivity contribution in [2.24, 2.45) is 7.05 Å². The molecule has 0 aliphatic carbocycles. The summed E-state index contributed by atoms with van der Waals surface area (Å²) in [6.45, 7) is 1.75. The van der Waals surface area contributed by atoms with Crippen molar-refractivity contribution in [3.05, 3.63) is 35.5 Å². The first-order chi connectivity index (χ1) is 12.1. The number of aliphatic carboxylic acids is 1. The lowest BCUT2D eigenvalue weighted by Gasteiger charge is -2.34. The normalized spacial score (nSPS) is 21.2. The number of ether oxygens (including phenoxy) is 1. The summed E-state index contributed by atoms with van der Waals surface area (Å²) in [4.78, 5) is 25.3. The Balaban J connectivity index is 1.95. The van der Waals surface area contributed by atoms with E-state index in [9.17, 15) is 22.8 Å². The number of aryl methyl sites for hydroxylation is 1. The highest BCUT2D eigenvalue weighted by molar-refractivity contribution is 5.99. The van der Waals surface area contributed by atoms with Gasteiger partial charge in [0.2, 0.25) is 0 Å². The first-order valence-electron chi connectivity index (χ1n) is 7.92. The largest absolute Gasteiger partial charge is 0.479 e. The van der Waals surface area contributed by atoms with Gasteiger partial charge in [-0.3, -0.25) is 4.79 Å². The van der Waals surface area contributed by atoms with Gasteiger partial charge in [-0.25, -0.2) is 4.79 Å². The van der Waals surface area contributed by atoms with E-state index in [4.69, 9.17) is 9.84 Å². The lowest BCUT2D eigenvalue weighted by atomic mass is 10.1. The fraction of sp³-hybridized carbons (Fsp3) is 0.412. The van der Waals surface area contributed by atoms with Gasteiger partial charge >= 0.3 is 12.1 Å². The molecule has 1 saturated heterocycles. The second kappa shape index (κ2) is 6.31. The molecule has 2 aromatic rings. The third-order valence-corrected chi connectivity index (χ3v) is 4.41. The van der Waals surface area contributed by atoms with E-state index in [0.717, 1.165) is 12.1 Å². The molecular weight excluding hydrogens is 353 g/mol. The van der Waals surface area contributed by atoms with E-state index >= 15 is 0 Å². The minimum Gasteiger partial charge on any atom is -0.479 e. The van der Waals surface area contributed by atoms with Crippen molar-refractivity contribution in [3.63, 3.8) is 0 Å². The van der Waals surface area contributed by atoms with Gasteiger partial charge in [-0.05, 0) is 31.2 Å². The number of benzene rings is 1. The number of nitrogens with zero attached hydrogens (tertiary/aromatic N) is 2. The van der Waals surface area contributed by atoms with Crippen molar-refractivity contribution in [1.82, 2.24) is 9.47 Å². The van der Waals surface area contributed by atoms with E-state index in [-0.39, 0.29) is 18.8 Å². The molecule has 9 heteroatoms. The van der Waals surface area contributed by atoms with Crippen LogP contribution in [-0.4, -0.2) is 51.7 Å². The number of amides is 1. The number of carboxylic acids is 1. The first-order valence-corrected chi connectivity index (χ1v) is 7.92. The monoisotopic (exact) mass is 370 g/mol. The van der Waals surface area contributed by atoms with Crippen LogP contribution in [0.25, 0.3) is 10.9 Å². The number of hydrogen-bond donors (Lipinski definition) is 1. The van der Waals surface area contributed by atoms with Crippen LogP contribution in [0, 0.1) is 0 Å². The minimum absolute atomic E-state index is 0.117. The van der Waals surface area contributed by atoms with Crippen LogP contribution < -0.4 is 0 Å². The number of hydrogen-bond acceptors (Lipinski definition) is 3. The molecular formula is C17H17F3N2O4. The maximum atomic E-state index is 12.9. The van der Waals surface area contributed by atoms with Crippen LogP contribution in [0.1, 0.15) is 23.0 Å². The van der Waals surface area contributed by atoms with Gasteiger partial charge in [-0.15, -0.1) is 0 Å². The smallest absolute Gasteiger partial charge is 0.416 e. The fourth-order valence-electron chi connectivity index (χ4n) is 3.15. The number of carbonyl (C=O) groups is 2. The molecule has 1 amide bonds. The van der Waals surface area contributed by atoms with Crippen LogP contribution in [0.5, 0.6) is 0 Å². The fourth-order valence-corrected chi connectivity index (χ4v) is 3.15. The van der Waals surface area contributed by atoms with E-state index in [1.165, 1.54) is 21.6 Å². The zero-order valence-corrected chi connectivity index (χ0v) is 14.1. The quantitative estimate of drug-likeness (QED) is 0.882. The first kappa shape index (κ1) is 18.2. The number of alkyl halides is 3. The predicted molar refractivity (Wildman–Crippen MR) is 85.8 cm³/mol. The molecule has 1 fully saturated rings. The molecule has 0 spiro atoms. The number of carboxylic acid groups (broad SMARTS) is 1. The molecule has 140 valence electrons. The Kier molecular flexibility index (Phi) is 4.43. The Morgan fingerprint density at radius 2 is 1.92 bits per heavy atom. The van der Waals surface area contributed by atoms with E-state index < -0.39 is 35.8 Å².